The van der Waals surface area contributed by atoms with Crippen LogP contribution >= 0.6 is 11.6 Å². The van der Waals surface area contributed by atoms with Crippen molar-refractivity contribution in [2.45, 2.75) is 31.7 Å². The molecular formula is C27H23ClN2O2. The average Bonchev–Trinajstić information content (AvgIpc) is 2.94. The van der Waals surface area contributed by atoms with Crippen molar-refractivity contribution < 1.29 is 9.59 Å². The SMILES string of the molecule is CC(=O)N1c2ccccc2NC2=C(C(=O)CC(c3ccccc3)C2)C1c1ccccc1Cl. The molecule has 3 aromatic rings. The highest BCUT2D eigenvalue weighted by atomic mass is 35.5. The topological polar surface area (TPSA) is 49.4 Å². The summed E-state index contributed by atoms with van der Waals surface area (Å²) in [7, 11) is 0. The molecule has 1 aliphatic carbocycles. The first kappa shape index (κ1) is 20.5. The van der Waals surface area contributed by atoms with Crippen LogP contribution in [-0.2, 0) is 9.59 Å². The van der Waals surface area contributed by atoms with E-state index < -0.39 is 6.04 Å². The molecule has 0 spiro atoms. The van der Waals surface area contributed by atoms with Crippen LogP contribution in [0.15, 0.2) is 90.1 Å². The number of hydrogen-bond donors (Lipinski definition) is 1. The number of amides is 1. The number of fused-ring (bicyclic) bond motifs is 1. The number of nitrogens with one attached hydrogen (secondary N) is 1. The summed E-state index contributed by atoms with van der Waals surface area (Å²) in [5, 5.41) is 4.05. The number of allylic oxidation sites excluding steroid dienone is 1. The molecule has 2 atom stereocenters. The molecule has 4 nitrogen and oxygen atoms in total. The van der Waals surface area contributed by atoms with Gasteiger partial charge in [-0.05, 0) is 41.7 Å². The minimum atomic E-state index is -0.587. The zero-order valence-corrected chi connectivity index (χ0v) is 18.5. The van der Waals surface area contributed by atoms with Gasteiger partial charge in [0.05, 0.1) is 17.4 Å². The molecule has 1 N–H and O–H groups in total. The van der Waals surface area contributed by atoms with Gasteiger partial charge in [-0.15, -0.1) is 0 Å². The number of carbonyl (C=O) groups excluding carboxylic acids is 2. The van der Waals surface area contributed by atoms with E-state index in [4.69, 9.17) is 11.6 Å². The van der Waals surface area contributed by atoms with Crippen molar-refractivity contribution in [1.82, 2.24) is 0 Å². The Bertz CT molecular complexity index is 1240. The van der Waals surface area contributed by atoms with Gasteiger partial charge in [0.25, 0.3) is 0 Å². The fourth-order valence-corrected chi connectivity index (χ4v) is 5.13. The van der Waals surface area contributed by atoms with Crippen molar-refractivity contribution in [3.63, 3.8) is 0 Å². The predicted octanol–water partition coefficient (Wildman–Crippen LogP) is 6.26. The van der Waals surface area contributed by atoms with Gasteiger partial charge in [-0.1, -0.05) is 72.3 Å². The largest absolute Gasteiger partial charge is 0.357 e. The summed E-state index contributed by atoms with van der Waals surface area (Å²) in [5.74, 6) is -0.0228. The Hall–Kier alpha value is -3.37. The third-order valence-electron chi connectivity index (χ3n) is 6.30. The van der Waals surface area contributed by atoms with Crippen LogP contribution in [0.4, 0.5) is 11.4 Å². The molecule has 32 heavy (non-hydrogen) atoms. The van der Waals surface area contributed by atoms with Gasteiger partial charge in [0.1, 0.15) is 0 Å². The molecule has 5 heteroatoms. The lowest BCUT2D eigenvalue weighted by molar-refractivity contribution is -0.117. The number of carbonyl (C=O) groups is 2. The maximum Gasteiger partial charge on any atom is 0.224 e. The number of nitrogens with zero attached hydrogens (tertiary/aromatic N) is 1. The Balaban J connectivity index is 1.73. The molecule has 3 aromatic carbocycles. The smallest absolute Gasteiger partial charge is 0.224 e. The lowest BCUT2D eigenvalue weighted by Gasteiger charge is -2.35. The first-order valence-corrected chi connectivity index (χ1v) is 11.1. The first-order valence-electron chi connectivity index (χ1n) is 10.8. The van der Waals surface area contributed by atoms with Crippen molar-refractivity contribution in [1.29, 1.82) is 0 Å². The normalized spacial score (nSPS) is 20.2. The predicted molar refractivity (Wildman–Crippen MR) is 128 cm³/mol. The number of para-hydroxylation sites is 2. The van der Waals surface area contributed by atoms with E-state index in [1.807, 2.05) is 60.7 Å². The fourth-order valence-electron chi connectivity index (χ4n) is 4.89. The molecule has 0 saturated carbocycles. The molecule has 2 aliphatic rings. The second-order valence-electron chi connectivity index (χ2n) is 8.29. The Morgan fingerprint density at radius 1 is 0.938 bits per heavy atom. The van der Waals surface area contributed by atoms with Gasteiger partial charge in [0.2, 0.25) is 5.91 Å². The van der Waals surface area contributed by atoms with Gasteiger partial charge in [0, 0.05) is 29.6 Å². The van der Waals surface area contributed by atoms with Gasteiger partial charge >= 0.3 is 0 Å². The zero-order valence-electron chi connectivity index (χ0n) is 17.7. The highest BCUT2D eigenvalue weighted by Gasteiger charge is 2.41. The van der Waals surface area contributed by atoms with Crippen molar-refractivity contribution in [3.05, 3.63) is 106 Å². The quantitative estimate of drug-likeness (QED) is 0.509. The van der Waals surface area contributed by atoms with Crippen LogP contribution in [0.3, 0.4) is 0 Å². The molecule has 1 aliphatic heterocycles. The summed E-state index contributed by atoms with van der Waals surface area (Å²) >= 11 is 6.62. The van der Waals surface area contributed by atoms with Crippen LogP contribution in [0.5, 0.6) is 0 Å². The van der Waals surface area contributed by atoms with Crippen molar-refractivity contribution in [2.75, 3.05) is 10.2 Å². The standard InChI is InChI=1S/C27H23ClN2O2/c1-17(31)30-24-14-8-7-13-22(24)29-23-15-19(18-9-3-2-4-10-18)16-25(32)26(23)27(30)20-11-5-6-12-21(20)28/h2-14,19,27,29H,15-16H2,1H3. The maximum atomic E-state index is 13.7. The summed E-state index contributed by atoms with van der Waals surface area (Å²) in [5.41, 5.74) is 4.92. The minimum Gasteiger partial charge on any atom is -0.357 e. The minimum absolute atomic E-state index is 0.0385. The second-order valence-corrected chi connectivity index (χ2v) is 8.69. The molecule has 0 bridgehead atoms. The van der Waals surface area contributed by atoms with E-state index in [-0.39, 0.29) is 17.6 Å². The number of halogens is 1. The van der Waals surface area contributed by atoms with Gasteiger partial charge in [-0.3, -0.25) is 14.5 Å². The summed E-state index contributed by atoms with van der Waals surface area (Å²) in [6.45, 7) is 1.53. The fraction of sp³-hybridized carbons (Fsp3) is 0.185. The average molecular weight is 443 g/mol. The lowest BCUT2D eigenvalue weighted by atomic mass is 9.78. The van der Waals surface area contributed by atoms with Crippen molar-refractivity contribution >= 4 is 34.7 Å². The third kappa shape index (κ3) is 3.51. The summed E-state index contributed by atoms with van der Waals surface area (Å²) in [6.07, 6.45) is 1.08. The molecule has 0 fully saturated rings. The Kier molecular flexibility index (Phi) is 5.32. The van der Waals surface area contributed by atoms with Crippen LogP contribution in [-0.4, -0.2) is 11.7 Å². The molecule has 1 amide bonds. The third-order valence-corrected chi connectivity index (χ3v) is 6.64. The molecular weight excluding hydrogens is 420 g/mol. The van der Waals surface area contributed by atoms with E-state index in [0.717, 1.165) is 28.2 Å². The van der Waals surface area contributed by atoms with Crippen molar-refractivity contribution in [2.24, 2.45) is 0 Å². The van der Waals surface area contributed by atoms with E-state index in [2.05, 4.69) is 17.4 Å². The van der Waals surface area contributed by atoms with Gasteiger partial charge in [-0.25, -0.2) is 0 Å². The highest BCUT2D eigenvalue weighted by Crippen LogP contribution is 2.48. The summed E-state index contributed by atoms with van der Waals surface area (Å²) < 4.78 is 0. The van der Waals surface area contributed by atoms with E-state index in [0.29, 0.717) is 23.4 Å². The van der Waals surface area contributed by atoms with E-state index in [1.165, 1.54) is 6.92 Å². The summed E-state index contributed by atoms with van der Waals surface area (Å²) in [6, 6.07) is 24.7. The number of Topliss-reactive ketones (excluding diaryl/α,β-unsaturated/α-hetero) is 1. The van der Waals surface area contributed by atoms with E-state index in [9.17, 15) is 9.59 Å². The van der Waals surface area contributed by atoms with Crippen LogP contribution in [0.25, 0.3) is 0 Å². The summed E-state index contributed by atoms with van der Waals surface area (Å²) in [4.78, 5) is 28.4. The zero-order chi connectivity index (χ0) is 22.2. The Morgan fingerprint density at radius 3 is 2.38 bits per heavy atom. The molecule has 0 aromatic heterocycles. The molecule has 0 radical (unpaired) electrons. The number of benzene rings is 3. The van der Waals surface area contributed by atoms with Crippen molar-refractivity contribution in [3.8, 4) is 0 Å². The van der Waals surface area contributed by atoms with Crippen LogP contribution in [0, 0.1) is 0 Å². The Labute approximate surface area is 192 Å². The number of ketones is 1. The van der Waals surface area contributed by atoms with E-state index in [1.54, 1.807) is 11.0 Å². The van der Waals surface area contributed by atoms with Gasteiger partial charge in [0.15, 0.2) is 5.78 Å². The van der Waals surface area contributed by atoms with E-state index >= 15 is 0 Å². The monoisotopic (exact) mass is 442 g/mol. The highest BCUT2D eigenvalue weighted by molar-refractivity contribution is 6.31. The Morgan fingerprint density at radius 2 is 1.62 bits per heavy atom. The number of anilines is 2. The molecule has 2 unspecified atom stereocenters. The molecule has 5 rings (SSSR count). The molecule has 1 heterocycles. The number of rotatable bonds is 2. The second kappa shape index (κ2) is 8.29. The number of hydrogen-bond acceptors (Lipinski definition) is 3. The van der Waals surface area contributed by atoms with Gasteiger partial charge in [-0.2, -0.15) is 0 Å². The maximum absolute atomic E-state index is 13.7. The van der Waals surface area contributed by atoms with Crippen LogP contribution in [0.2, 0.25) is 5.02 Å². The molecule has 160 valence electrons. The lowest BCUT2D eigenvalue weighted by Crippen LogP contribution is -2.37. The van der Waals surface area contributed by atoms with Crippen LogP contribution < -0.4 is 10.2 Å². The van der Waals surface area contributed by atoms with Gasteiger partial charge < -0.3 is 5.32 Å². The van der Waals surface area contributed by atoms with Crippen LogP contribution in [0.1, 0.15) is 42.9 Å². The molecule has 0 saturated heterocycles. The first-order chi connectivity index (χ1) is 15.5.